The summed E-state index contributed by atoms with van der Waals surface area (Å²) in [6.07, 6.45) is 12.5. The molecule has 25 heavy (non-hydrogen) atoms. The minimum Gasteiger partial charge on any atom is -0.481 e. The third kappa shape index (κ3) is 5.43. The molecule has 140 valence electrons. The molecule has 5 heteroatoms. The second-order valence-electron chi connectivity index (χ2n) is 7.73. The maximum Gasteiger partial charge on any atom is 0.303 e. The van der Waals surface area contributed by atoms with Crippen molar-refractivity contribution in [1.82, 2.24) is 5.32 Å². The fraction of sp³-hybridized carbons (Fsp3) is 0.700. The second-order valence-corrected chi connectivity index (χ2v) is 7.73. The van der Waals surface area contributed by atoms with Gasteiger partial charge in [-0.2, -0.15) is 0 Å². The van der Waals surface area contributed by atoms with Crippen molar-refractivity contribution in [2.75, 3.05) is 6.54 Å². The van der Waals surface area contributed by atoms with Crippen LogP contribution in [0.5, 0.6) is 0 Å². The minimum absolute atomic E-state index is 0.0217. The van der Waals surface area contributed by atoms with Crippen molar-refractivity contribution in [3.63, 3.8) is 0 Å². The molecule has 0 radical (unpaired) electrons. The zero-order valence-corrected chi connectivity index (χ0v) is 15.3. The number of allylic oxidation sites excluding steroid dienone is 4. The molecular formula is C20H31NO4. The smallest absolute Gasteiger partial charge is 0.303 e. The van der Waals surface area contributed by atoms with Crippen LogP contribution in [-0.4, -0.2) is 34.2 Å². The van der Waals surface area contributed by atoms with Crippen LogP contribution in [0.4, 0.5) is 0 Å². The molecule has 0 aromatic heterocycles. The molecule has 0 heterocycles. The normalized spacial score (nSPS) is 29.9. The molecular weight excluding hydrogens is 318 g/mol. The lowest BCUT2D eigenvalue weighted by Gasteiger charge is -2.28. The largest absolute Gasteiger partial charge is 0.481 e. The Morgan fingerprint density at radius 3 is 2.72 bits per heavy atom. The lowest BCUT2D eigenvalue weighted by atomic mass is 9.82. The average molecular weight is 349 g/mol. The molecule has 2 rings (SSSR count). The Bertz CT molecular complexity index is 538. The van der Waals surface area contributed by atoms with Crippen LogP contribution in [0.15, 0.2) is 24.3 Å². The number of hydrogen-bond acceptors (Lipinski definition) is 3. The zero-order chi connectivity index (χ0) is 18.4. The number of fused-ring (bicyclic) bond motifs is 2. The molecule has 0 saturated heterocycles. The van der Waals surface area contributed by atoms with E-state index in [2.05, 4.69) is 23.5 Å². The highest BCUT2D eigenvalue weighted by molar-refractivity contribution is 5.80. The molecule has 3 N–H and O–H groups in total. The number of carbonyl (C=O) groups excluding carboxylic acids is 1. The lowest BCUT2D eigenvalue weighted by Crippen LogP contribution is -2.44. The lowest BCUT2D eigenvalue weighted by molar-refractivity contribution is -0.137. The summed E-state index contributed by atoms with van der Waals surface area (Å²) < 4.78 is 0. The van der Waals surface area contributed by atoms with Gasteiger partial charge in [0.15, 0.2) is 0 Å². The van der Waals surface area contributed by atoms with Gasteiger partial charge in [0.2, 0.25) is 5.91 Å². The molecule has 1 amide bonds. The van der Waals surface area contributed by atoms with Crippen LogP contribution in [-0.2, 0) is 9.59 Å². The Hall–Kier alpha value is -1.62. The number of aliphatic hydroxyl groups is 1. The van der Waals surface area contributed by atoms with Gasteiger partial charge < -0.3 is 15.5 Å². The van der Waals surface area contributed by atoms with Gasteiger partial charge in [-0.1, -0.05) is 37.6 Å². The molecule has 5 unspecified atom stereocenters. The van der Waals surface area contributed by atoms with E-state index in [-0.39, 0.29) is 36.6 Å². The first-order valence-electron chi connectivity index (χ1n) is 9.41. The second kappa shape index (κ2) is 8.65. The van der Waals surface area contributed by atoms with E-state index in [1.165, 1.54) is 0 Å². The first kappa shape index (κ1) is 19.7. The van der Waals surface area contributed by atoms with Crippen LogP contribution >= 0.6 is 0 Å². The van der Waals surface area contributed by atoms with Crippen molar-refractivity contribution in [2.24, 2.45) is 23.7 Å². The number of carboxylic acids is 1. The van der Waals surface area contributed by atoms with Gasteiger partial charge in [0, 0.05) is 13.0 Å². The highest BCUT2D eigenvalue weighted by atomic mass is 16.4. The summed E-state index contributed by atoms with van der Waals surface area (Å²) in [5.74, 6) is 0.0163. The Morgan fingerprint density at radius 1 is 1.32 bits per heavy atom. The van der Waals surface area contributed by atoms with Crippen LogP contribution < -0.4 is 5.32 Å². The summed E-state index contributed by atoms with van der Waals surface area (Å²) >= 11 is 0. The number of unbranched alkanes of at least 4 members (excludes halogenated alkanes) is 1. The van der Waals surface area contributed by atoms with E-state index < -0.39 is 11.6 Å². The summed E-state index contributed by atoms with van der Waals surface area (Å²) in [6, 6.07) is 0. The Balaban J connectivity index is 1.90. The first-order valence-corrected chi connectivity index (χ1v) is 9.41. The topological polar surface area (TPSA) is 86.6 Å². The van der Waals surface area contributed by atoms with E-state index >= 15 is 0 Å². The molecule has 2 aliphatic rings. The van der Waals surface area contributed by atoms with Crippen molar-refractivity contribution in [2.45, 2.75) is 58.0 Å². The van der Waals surface area contributed by atoms with Crippen LogP contribution in [0.3, 0.4) is 0 Å². The van der Waals surface area contributed by atoms with Gasteiger partial charge >= 0.3 is 5.97 Å². The average Bonchev–Trinajstić information content (AvgIpc) is 3.13. The number of carbonyl (C=O) groups is 2. The summed E-state index contributed by atoms with van der Waals surface area (Å²) in [4.78, 5) is 23.3. The molecule has 0 aliphatic heterocycles. The highest BCUT2D eigenvalue weighted by Crippen LogP contribution is 2.48. The molecule has 2 aliphatic carbocycles. The van der Waals surface area contributed by atoms with Crippen LogP contribution in [0.25, 0.3) is 0 Å². The van der Waals surface area contributed by atoms with Gasteiger partial charge in [0.25, 0.3) is 0 Å². The van der Waals surface area contributed by atoms with E-state index in [0.29, 0.717) is 18.8 Å². The summed E-state index contributed by atoms with van der Waals surface area (Å²) in [5.41, 5.74) is -0.861. The monoisotopic (exact) mass is 349 g/mol. The number of hydrogen-bond donors (Lipinski definition) is 3. The maximum absolute atomic E-state index is 12.7. The molecule has 5 atom stereocenters. The van der Waals surface area contributed by atoms with Gasteiger partial charge in [0.1, 0.15) is 0 Å². The van der Waals surface area contributed by atoms with E-state index in [1.54, 1.807) is 6.92 Å². The van der Waals surface area contributed by atoms with Gasteiger partial charge in [-0.25, -0.2) is 0 Å². The Morgan fingerprint density at radius 2 is 2.04 bits per heavy atom. The van der Waals surface area contributed by atoms with Crippen molar-refractivity contribution in [3.05, 3.63) is 24.3 Å². The molecule has 1 fully saturated rings. The quantitative estimate of drug-likeness (QED) is 0.418. The van der Waals surface area contributed by atoms with Crippen molar-refractivity contribution in [3.8, 4) is 0 Å². The molecule has 2 bridgehead atoms. The van der Waals surface area contributed by atoms with Gasteiger partial charge in [-0.3, -0.25) is 9.59 Å². The van der Waals surface area contributed by atoms with Crippen molar-refractivity contribution in [1.29, 1.82) is 0 Å². The predicted molar refractivity (Wildman–Crippen MR) is 96.9 cm³/mol. The number of rotatable bonds is 10. The predicted octanol–water partition coefficient (Wildman–Crippen LogP) is 2.90. The minimum atomic E-state index is -0.861. The molecule has 1 saturated carbocycles. The summed E-state index contributed by atoms with van der Waals surface area (Å²) in [5, 5.41) is 21.9. The van der Waals surface area contributed by atoms with E-state index in [9.17, 15) is 14.7 Å². The van der Waals surface area contributed by atoms with Crippen LogP contribution in [0, 0.1) is 23.7 Å². The van der Waals surface area contributed by atoms with Crippen molar-refractivity contribution < 1.29 is 19.8 Å². The summed E-state index contributed by atoms with van der Waals surface area (Å²) in [7, 11) is 0. The van der Waals surface area contributed by atoms with Crippen molar-refractivity contribution >= 4 is 11.9 Å². The fourth-order valence-electron chi connectivity index (χ4n) is 4.14. The molecule has 5 nitrogen and oxygen atoms in total. The summed E-state index contributed by atoms with van der Waals surface area (Å²) in [6.45, 7) is 4.06. The van der Waals surface area contributed by atoms with E-state index in [1.807, 2.05) is 13.0 Å². The molecule has 0 spiro atoms. The zero-order valence-electron chi connectivity index (χ0n) is 15.3. The SMILES string of the molecule is CCCC(C)(O)CNC(=O)C1C2C=CC(C2)C1C=CCCCC(=O)O. The number of amides is 1. The molecule has 0 aromatic carbocycles. The number of nitrogens with one attached hydrogen (secondary N) is 1. The standard InChI is InChI=1S/C20H31NO4/c1-3-11-20(2,25)13-21-19(24)18-15-10-9-14(12-15)16(18)7-5-4-6-8-17(22)23/h5,7,9-10,14-16,18,25H,3-4,6,8,11-13H2,1-2H3,(H,21,24)(H,22,23). The van der Waals surface area contributed by atoms with Crippen LogP contribution in [0.2, 0.25) is 0 Å². The van der Waals surface area contributed by atoms with Gasteiger partial charge in [-0.05, 0) is 50.4 Å². The van der Waals surface area contributed by atoms with Gasteiger partial charge in [-0.15, -0.1) is 0 Å². The number of aliphatic carboxylic acids is 1. The Labute approximate surface area is 150 Å². The van der Waals surface area contributed by atoms with Gasteiger partial charge in [0.05, 0.1) is 11.5 Å². The van der Waals surface area contributed by atoms with Crippen LogP contribution in [0.1, 0.15) is 52.4 Å². The Kier molecular flexibility index (Phi) is 6.82. The third-order valence-electron chi connectivity index (χ3n) is 5.37. The third-order valence-corrected chi connectivity index (χ3v) is 5.37. The first-order chi connectivity index (χ1) is 11.8. The number of carboxylic acid groups (broad SMARTS) is 1. The van der Waals surface area contributed by atoms with E-state index in [0.717, 1.165) is 19.3 Å². The maximum atomic E-state index is 12.7. The fourth-order valence-corrected chi connectivity index (χ4v) is 4.14. The highest BCUT2D eigenvalue weighted by Gasteiger charge is 2.46. The van der Waals surface area contributed by atoms with E-state index in [4.69, 9.17) is 5.11 Å². The molecule has 0 aromatic rings.